The molecule has 1 aliphatic carbocycles. The molecule has 0 aromatic heterocycles. The average Bonchev–Trinajstić information content (AvgIpc) is 2.39. The van der Waals surface area contributed by atoms with Crippen LogP contribution in [0.2, 0.25) is 0 Å². The fraction of sp³-hybridized carbons (Fsp3) is 0.923. The zero-order chi connectivity index (χ0) is 12.3. The minimum absolute atomic E-state index is 0.136. The summed E-state index contributed by atoms with van der Waals surface area (Å²) in [6, 6.07) is 0.818. The van der Waals surface area contributed by atoms with Crippen LogP contribution in [0, 0.1) is 5.92 Å². The van der Waals surface area contributed by atoms with Gasteiger partial charge >= 0.3 is 5.97 Å². The molecule has 98 valence electrons. The van der Waals surface area contributed by atoms with E-state index in [1.54, 1.807) is 0 Å². The van der Waals surface area contributed by atoms with Gasteiger partial charge in [0.25, 0.3) is 0 Å². The lowest BCUT2D eigenvalue weighted by Crippen LogP contribution is -2.49. The van der Waals surface area contributed by atoms with E-state index >= 15 is 0 Å². The maximum Gasteiger partial charge on any atom is 0.306 e. The molecule has 1 atom stereocenters. The molecule has 1 aliphatic heterocycles. The van der Waals surface area contributed by atoms with Gasteiger partial charge in [0.15, 0.2) is 0 Å². The minimum atomic E-state index is -0.638. The number of likely N-dealkylation sites (tertiary alicyclic amines) is 1. The summed E-state index contributed by atoms with van der Waals surface area (Å²) < 4.78 is 0. The van der Waals surface area contributed by atoms with E-state index in [2.05, 4.69) is 4.90 Å². The molecule has 2 N–H and O–H groups in total. The number of carboxylic acids is 1. The van der Waals surface area contributed by atoms with Crippen molar-refractivity contribution in [1.82, 2.24) is 4.90 Å². The van der Waals surface area contributed by atoms with E-state index in [1.807, 2.05) is 0 Å². The van der Waals surface area contributed by atoms with Crippen molar-refractivity contribution >= 4 is 5.97 Å². The number of aliphatic hydroxyl groups is 1. The molecule has 1 saturated carbocycles. The van der Waals surface area contributed by atoms with Crippen molar-refractivity contribution in [2.24, 2.45) is 5.92 Å². The first-order valence-corrected chi connectivity index (χ1v) is 6.81. The molecule has 17 heavy (non-hydrogen) atoms. The Morgan fingerprint density at radius 1 is 1.12 bits per heavy atom. The van der Waals surface area contributed by atoms with Crippen molar-refractivity contribution in [3.8, 4) is 0 Å². The highest BCUT2D eigenvalue weighted by Gasteiger charge is 2.33. The Hall–Kier alpha value is -0.610. The summed E-state index contributed by atoms with van der Waals surface area (Å²) in [7, 11) is 0. The normalized spacial score (nSPS) is 35.7. The molecule has 2 fully saturated rings. The first-order valence-electron chi connectivity index (χ1n) is 6.81. The lowest BCUT2D eigenvalue weighted by Gasteiger charge is -2.42. The zero-order valence-corrected chi connectivity index (χ0v) is 10.3. The molecule has 1 unspecified atom stereocenters. The van der Waals surface area contributed by atoms with E-state index in [9.17, 15) is 9.90 Å². The Morgan fingerprint density at radius 3 is 2.41 bits per heavy atom. The molecule has 2 aliphatic rings. The van der Waals surface area contributed by atoms with Gasteiger partial charge in [-0.25, -0.2) is 0 Å². The Labute approximate surface area is 103 Å². The summed E-state index contributed by atoms with van der Waals surface area (Å²) in [5, 5.41) is 18.4. The Bertz CT molecular complexity index is 261. The van der Waals surface area contributed by atoms with Gasteiger partial charge in [-0.2, -0.15) is 0 Å². The van der Waals surface area contributed by atoms with Crippen LogP contribution in [0.1, 0.15) is 44.9 Å². The zero-order valence-electron chi connectivity index (χ0n) is 10.3. The number of hydrogen-bond acceptors (Lipinski definition) is 3. The molecule has 0 aromatic carbocycles. The smallest absolute Gasteiger partial charge is 0.306 e. The van der Waals surface area contributed by atoms with Crippen LogP contribution in [0.25, 0.3) is 0 Å². The van der Waals surface area contributed by atoms with Crippen molar-refractivity contribution in [3.05, 3.63) is 0 Å². The highest BCUT2D eigenvalue weighted by atomic mass is 16.4. The molecule has 4 heteroatoms. The van der Waals surface area contributed by atoms with E-state index in [4.69, 9.17) is 5.11 Å². The number of carboxylic acid groups (broad SMARTS) is 1. The third-order valence-electron chi connectivity index (χ3n) is 4.40. The van der Waals surface area contributed by atoms with E-state index in [1.165, 1.54) is 12.8 Å². The lowest BCUT2D eigenvalue weighted by molar-refractivity contribution is -0.143. The largest absolute Gasteiger partial charge is 0.481 e. The van der Waals surface area contributed by atoms with Gasteiger partial charge in [0.05, 0.1) is 12.5 Å². The average molecular weight is 241 g/mol. The molecule has 1 saturated heterocycles. The second kappa shape index (κ2) is 5.83. The van der Waals surface area contributed by atoms with Crippen molar-refractivity contribution in [1.29, 1.82) is 0 Å². The molecule has 0 spiro atoms. The van der Waals surface area contributed by atoms with Crippen LogP contribution in [-0.4, -0.2) is 46.3 Å². The van der Waals surface area contributed by atoms with Gasteiger partial charge in [-0.15, -0.1) is 0 Å². The third-order valence-corrected chi connectivity index (χ3v) is 4.40. The summed E-state index contributed by atoms with van der Waals surface area (Å²) >= 11 is 0. The molecular weight excluding hydrogens is 218 g/mol. The minimum Gasteiger partial charge on any atom is -0.481 e. The van der Waals surface area contributed by atoms with Crippen LogP contribution in [-0.2, 0) is 4.79 Å². The number of hydrogen-bond donors (Lipinski definition) is 2. The van der Waals surface area contributed by atoms with E-state index in [-0.39, 0.29) is 12.5 Å². The quantitative estimate of drug-likeness (QED) is 0.785. The van der Waals surface area contributed by atoms with Crippen LogP contribution in [0.5, 0.6) is 0 Å². The highest BCUT2D eigenvalue weighted by molar-refractivity contribution is 5.70. The highest BCUT2D eigenvalue weighted by Crippen LogP contribution is 2.31. The maximum atomic E-state index is 10.9. The van der Waals surface area contributed by atoms with Crippen molar-refractivity contribution in [2.45, 2.75) is 57.0 Å². The Balaban J connectivity index is 1.88. The fourth-order valence-corrected chi connectivity index (χ4v) is 3.35. The molecule has 0 aromatic rings. The molecular formula is C13H23NO3. The van der Waals surface area contributed by atoms with Gasteiger partial charge in [0, 0.05) is 12.1 Å². The van der Waals surface area contributed by atoms with Gasteiger partial charge in [-0.3, -0.25) is 9.69 Å². The van der Waals surface area contributed by atoms with Crippen molar-refractivity contribution < 1.29 is 15.0 Å². The summed E-state index contributed by atoms with van der Waals surface area (Å²) in [5.74, 6) is -0.774. The van der Waals surface area contributed by atoms with Crippen LogP contribution in [0.4, 0.5) is 0 Å². The standard InChI is InChI=1S/C13H23NO3/c15-9-12-3-1-2-8-14(12)11-6-4-10(5-7-11)13(16)17/h10-12,15H,1-9H2,(H,16,17). The van der Waals surface area contributed by atoms with Gasteiger partial charge in [-0.1, -0.05) is 6.42 Å². The maximum absolute atomic E-state index is 10.9. The first-order chi connectivity index (χ1) is 8.22. The number of rotatable bonds is 3. The monoisotopic (exact) mass is 241 g/mol. The van der Waals surface area contributed by atoms with E-state index < -0.39 is 5.97 Å². The number of piperidine rings is 1. The fourth-order valence-electron chi connectivity index (χ4n) is 3.35. The first kappa shape index (κ1) is 12.8. The third kappa shape index (κ3) is 2.99. The van der Waals surface area contributed by atoms with Crippen LogP contribution in [0.15, 0.2) is 0 Å². The van der Waals surface area contributed by atoms with Crippen LogP contribution >= 0.6 is 0 Å². The molecule has 0 amide bonds. The molecule has 0 bridgehead atoms. The van der Waals surface area contributed by atoms with Crippen molar-refractivity contribution in [2.75, 3.05) is 13.2 Å². The van der Waals surface area contributed by atoms with Gasteiger partial charge in [0.1, 0.15) is 0 Å². The van der Waals surface area contributed by atoms with E-state index in [0.717, 1.165) is 38.6 Å². The van der Waals surface area contributed by atoms with Gasteiger partial charge in [-0.05, 0) is 45.1 Å². The molecule has 0 radical (unpaired) electrons. The van der Waals surface area contributed by atoms with Gasteiger partial charge in [0.2, 0.25) is 0 Å². The Kier molecular flexibility index (Phi) is 4.40. The van der Waals surface area contributed by atoms with Crippen LogP contribution in [0.3, 0.4) is 0 Å². The van der Waals surface area contributed by atoms with Crippen molar-refractivity contribution in [3.63, 3.8) is 0 Å². The SMILES string of the molecule is O=C(O)C1CCC(N2CCCCC2CO)CC1. The second-order valence-corrected chi connectivity index (χ2v) is 5.41. The molecule has 4 nitrogen and oxygen atoms in total. The summed E-state index contributed by atoms with van der Waals surface area (Å²) in [6.07, 6.45) is 7.08. The summed E-state index contributed by atoms with van der Waals surface area (Å²) in [6.45, 7) is 1.33. The Morgan fingerprint density at radius 2 is 1.82 bits per heavy atom. The van der Waals surface area contributed by atoms with Crippen LogP contribution < -0.4 is 0 Å². The predicted molar refractivity (Wildman–Crippen MR) is 64.8 cm³/mol. The van der Waals surface area contributed by atoms with E-state index in [0.29, 0.717) is 12.1 Å². The summed E-state index contributed by atoms with van der Waals surface area (Å²) in [5.41, 5.74) is 0. The number of carbonyl (C=O) groups is 1. The number of aliphatic carboxylic acids is 1. The number of nitrogens with zero attached hydrogens (tertiary/aromatic N) is 1. The summed E-state index contributed by atoms with van der Waals surface area (Å²) in [4.78, 5) is 13.3. The number of aliphatic hydroxyl groups excluding tert-OH is 1. The second-order valence-electron chi connectivity index (χ2n) is 5.41. The molecule has 2 rings (SSSR count). The predicted octanol–water partition coefficient (Wildman–Crippen LogP) is 1.48. The lowest BCUT2D eigenvalue weighted by atomic mass is 9.84. The van der Waals surface area contributed by atoms with Gasteiger partial charge < -0.3 is 10.2 Å². The topological polar surface area (TPSA) is 60.8 Å². The molecule has 1 heterocycles.